The van der Waals surface area contributed by atoms with Gasteiger partial charge in [-0.1, -0.05) is 34.8 Å². The van der Waals surface area contributed by atoms with Gasteiger partial charge in [-0.05, 0) is 24.3 Å². The van der Waals surface area contributed by atoms with E-state index in [-0.39, 0.29) is 17.1 Å². The molecule has 0 bridgehead atoms. The number of anilines is 1. The Kier molecular flexibility index (Phi) is 6.19. The number of nitro benzene ring substituents is 1. The number of carbonyl (C=O) groups is 1. The normalized spacial score (nSPS) is 10.8. The molecule has 25 heavy (non-hydrogen) atoms. The maximum atomic E-state index is 11.9. The van der Waals surface area contributed by atoms with Crippen molar-refractivity contribution in [3.05, 3.63) is 61.1 Å². The molecule has 0 aliphatic carbocycles. The molecule has 0 unspecified atom stereocenters. The summed E-state index contributed by atoms with van der Waals surface area (Å²) in [5.74, 6) is -1.08. The summed E-state index contributed by atoms with van der Waals surface area (Å²) in [5.41, 5.74) is -0.201. The number of hydrogen-bond donors (Lipinski definition) is 2. The lowest BCUT2D eigenvalue weighted by Crippen LogP contribution is -2.15. The van der Waals surface area contributed by atoms with Gasteiger partial charge in [0.05, 0.1) is 15.6 Å². The first-order valence-corrected chi connectivity index (χ1v) is 7.83. The third-order valence-electron chi connectivity index (χ3n) is 2.95. The first-order chi connectivity index (χ1) is 11.8. The number of hydrogen-bond acceptors (Lipinski definition) is 5. The van der Waals surface area contributed by atoms with Crippen LogP contribution in [0.1, 0.15) is 5.56 Å². The molecule has 2 aromatic carbocycles. The average Bonchev–Trinajstić information content (AvgIpc) is 2.53. The van der Waals surface area contributed by atoms with E-state index in [0.717, 1.165) is 12.3 Å². The fourth-order valence-electron chi connectivity index (χ4n) is 1.85. The maximum absolute atomic E-state index is 11.9. The zero-order chi connectivity index (χ0) is 18.6. The number of phenols is 1. The molecular weight excluding hydrogens is 393 g/mol. The number of aliphatic imine (C=N–C) groups is 1. The zero-order valence-corrected chi connectivity index (χ0v) is 14.6. The number of halogens is 3. The Balaban J connectivity index is 2.09. The molecule has 1 amide bonds. The van der Waals surface area contributed by atoms with Crippen LogP contribution >= 0.6 is 34.8 Å². The first-order valence-electron chi connectivity index (χ1n) is 6.69. The van der Waals surface area contributed by atoms with Gasteiger partial charge in [-0.15, -0.1) is 0 Å². The number of rotatable bonds is 5. The number of amides is 1. The number of nitrogens with zero attached hydrogens (tertiary/aromatic N) is 2. The van der Waals surface area contributed by atoms with Gasteiger partial charge in [0, 0.05) is 27.9 Å². The molecule has 10 heteroatoms. The first kappa shape index (κ1) is 19.0. The van der Waals surface area contributed by atoms with E-state index in [0.29, 0.717) is 15.7 Å². The van der Waals surface area contributed by atoms with E-state index in [1.807, 2.05) is 0 Å². The second-order valence-electron chi connectivity index (χ2n) is 4.76. The van der Waals surface area contributed by atoms with Crippen molar-refractivity contribution in [3.8, 4) is 5.75 Å². The fourth-order valence-corrected chi connectivity index (χ4v) is 2.41. The van der Waals surface area contributed by atoms with E-state index < -0.39 is 22.3 Å². The molecule has 0 saturated heterocycles. The highest BCUT2D eigenvalue weighted by molar-refractivity contribution is 6.35. The minimum atomic E-state index is -0.771. The van der Waals surface area contributed by atoms with E-state index in [4.69, 9.17) is 34.8 Å². The van der Waals surface area contributed by atoms with Crippen molar-refractivity contribution in [1.82, 2.24) is 0 Å². The highest BCUT2D eigenvalue weighted by Crippen LogP contribution is 2.32. The zero-order valence-electron chi connectivity index (χ0n) is 12.4. The molecule has 0 aliphatic rings. The Morgan fingerprint density at radius 1 is 1.24 bits per heavy atom. The monoisotopic (exact) mass is 401 g/mol. The van der Waals surface area contributed by atoms with Crippen molar-refractivity contribution >= 4 is 58.3 Å². The van der Waals surface area contributed by atoms with Crippen molar-refractivity contribution in [3.63, 3.8) is 0 Å². The van der Waals surface area contributed by atoms with Crippen molar-refractivity contribution in [2.24, 2.45) is 4.99 Å². The summed E-state index contributed by atoms with van der Waals surface area (Å²) < 4.78 is 0. The summed E-state index contributed by atoms with van der Waals surface area (Å²) in [6.45, 7) is -0.303. The van der Waals surface area contributed by atoms with Gasteiger partial charge in [-0.2, -0.15) is 0 Å². The molecule has 0 aliphatic heterocycles. The van der Waals surface area contributed by atoms with Gasteiger partial charge in [0.15, 0.2) is 0 Å². The average molecular weight is 403 g/mol. The number of nitro groups is 1. The van der Waals surface area contributed by atoms with E-state index >= 15 is 0 Å². The Labute approximate surface area is 157 Å². The number of phenolic OH excluding ortho intramolecular Hbond substituents is 1. The minimum absolute atomic E-state index is 0.0211. The molecule has 0 heterocycles. The van der Waals surface area contributed by atoms with Crippen molar-refractivity contribution < 1.29 is 14.8 Å². The predicted octanol–water partition coefficient (Wildman–Crippen LogP) is 4.32. The number of benzene rings is 2. The molecule has 2 rings (SSSR count). The summed E-state index contributed by atoms with van der Waals surface area (Å²) in [6.07, 6.45) is 1.12. The van der Waals surface area contributed by atoms with E-state index in [2.05, 4.69) is 10.3 Å². The molecule has 0 radical (unpaired) electrons. The van der Waals surface area contributed by atoms with Crippen LogP contribution < -0.4 is 5.32 Å². The van der Waals surface area contributed by atoms with Gasteiger partial charge < -0.3 is 10.4 Å². The standard InChI is InChI=1S/C15H10Cl3N3O4/c16-9-1-2-11(18)12(4-9)20-14(22)7-19-6-8-3-10(17)5-13(15(8)23)21(24)25/h1-6,23H,7H2,(H,20,22). The van der Waals surface area contributed by atoms with E-state index in [9.17, 15) is 20.0 Å². The second-order valence-corrected chi connectivity index (χ2v) is 6.04. The third kappa shape index (κ3) is 5.06. The number of aromatic hydroxyl groups is 1. The fraction of sp³-hybridized carbons (Fsp3) is 0.0667. The number of carbonyl (C=O) groups excluding carboxylic acids is 1. The second kappa shape index (κ2) is 8.15. The van der Waals surface area contributed by atoms with E-state index in [1.165, 1.54) is 18.2 Å². The van der Waals surface area contributed by atoms with Crippen molar-refractivity contribution in [2.75, 3.05) is 11.9 Å². The molecule has 0 aromatic heterocycles. The molecule has 0 atom stereocenters. The highest BCUT2D eigenvalue weighted by Gasteiger charge is 2.17. The van der Waals surface area contributed by atoms with E-state index in [1.54, 1.807) is 6.07 Å². The molecule has 2 aromatic rings. The minimum Gasteiger partial charge on any atom is -0.502 e. The lowest BCUT2D eigenvalue weighted by Gasteiger charge is -2.06. The molecule has 0 spiro atoms. The maximum Gasteiger partial charge on any atom is 0.312 e. The topological polar surface area (TPSA) is 105 Å². The Morgan fingerprint density at radius 2 is 1.96 bits per heavy atom. The van der Waals surface area contributed by atoms with Crippen LogP contribution in [-0.4, -0.2) is 28.7 Å². The van der Waals surface area contributed by atoms with Crippen LogP contribution in [0.5, 0.6) is 5.75 Å². The van der Waals surface area contributed by atoms with Crippen LogP contribution in [0.3, 0.4) is 0 Å². The molecule has 130 valence electrons. The molecule has 2 N–H and O–H groups in total. The van der Waals surface area contributed by atoms with Gasteiger partial charge >= 0.3 is 5.69 Å². The van der Waals surface area contributed by atoms with Gasteiger partial charge in [0.25, 0.3) is 0 Å². The van der Waals surface area contributed by atoms with Crippen molar-refractivity contribution in [1.29, 1.82) is 0 Å². The summed E-state index contributed by atoms with van der Waals surface area (Å²) in [4.78, 5) is 25.8. The quantitative estimate of drug-likeness (QED) is 0.441. The van der Waals surface area contributed by atoms with Gasteiger partial charge in [0.2, 0.25) is 11.7 Å². The summed E-state index contributed by atoms with van der Waals surface area (Å²) >= 11 is 17.5. The molecular formula is C15H10Cl3N3O4. The summed E-state index contributed by atoms with van der Waals surface area (Å²) in [5, 5.41) is 23.9. The van der Waals surface area contributed by atoms with Crippen LogP contribution in [0.15, 0.2) is 35.3 Å². The Hall–Kier alpha value is -2.35. The lowest BCUT2D eigenvalue weighted by molar-refractivity contribution is -0.385. The third-order valence-corrected chi connectivity index (χ3v) is 3.73. The van der Waals surface area contributed by atoms with Crippen molar-refractivity contribution in [2.45, 2.75) is 0 Å². The highest BCUT2D eigenvalue weighted by atomic mass is 35.5. The molecule has 0 saturated carbocycles. The largest absolute Gasteiger partial charge is 0.502 e. The van der Waals surface area contributed by atoms with Crippen LogP contribution in [-0.2, 0) is 4.79 Å². The summed E-state index contributed by atoms with van der Waals surface area (Å²) in [6, 6.07) is 6.90. The summed E-state index contributed by atoms with van der Waals surface area (Å²) in [7, 11) is 0. The van der Waals surface area contributed by atoms with Crippen LogP contribution in [0.2, 0.25) is 15.1 Å². The smallest absolute Gasteiger partial charge is 0.312 e. The van der Waals surface area contributed by atoms with Gasteiger partial charge in [0.1, 0.15) is 6.54 Å². The molecule has 7 nitrogen and oxygen atoms in total. The Bertz CT molecular complexity index is 871. The Morgan fingerprint density at radius 3 is 2.64 bits per heavy atom. The number of nitrogens with one attached hydrogen (secondary N) is 1. The molecule has 0 fully saturated rings. The van der Waals surface area contributed by atoms with Crippen LogP contribution in [0.4, 0.5) is 11.4 Å². The van der Waals surface area contributed by atoms with Crippen LogP contribution in [0, 0.1) is 10.1 Å². The lowest BCUT2D eigenvalue weighted by atomic mass is 10.2. The SMILES string of the molecule is O=C(CN=Cc1cc(Cl)cc([N+](=O)[O-])c1O)Nc1cc(Cl)ccc1Cl. The predicted molar refractivity (Wildman–Crippen MR) is 97.3 cm³/mol. The van der Waals surface area contributed by atoms with Gasteiger partial charge in [-0.3, -0.25) is 19.9 Å². The van der Waals surface area contributed by atoms with Gasteiger partial charge in [-0.25, -0.2) is 0 Å². The van der Waals surface area contributed by atoms with Crippen LogP contribution in [0.25, 0.3) is 0 Å².